The summed E-state index contributed by atoms with van der Waals surface area (Å²) in [5.74, 6) is 2.11. The van der Waals surface area contributed by atoms with Crippen LogP contribution in [-0.4, -0.2) is 36.1 Å². The number of nitrogens with zero attached hydrogens (tertiary/aromatic N) is 2. The molecule has 0 saturated carbocycles. The maximum absolute atomic E-state index is 13.0. The number of amidine groups is 1. The highest BCUT2D eigenvalue weighted by molar-refractivity contribution is 8.14. The number of fused-ring (bicyclic) bond motifs is 1. The fourth-order valence-corrected chi connectivity index (χ4v) is 4.08. The first-order chi connectivity index (χ1) is 13.6. The van der Waals surface area contributed by atoms with E-state index < -0.39 is 0 Å². The maximum Gasteiger partial charge on any atom is 0.257 e. The Labute approximate surface area is 173 Å². The van der Waals surface area contributed by atoms with Crippen molar-refractivity contribution in [2.45, 2.75) is 13.0 Å². The minimum Gasteiger partial charge on any atom is -0.486 e. The molecule has 4 rings (SSSR count). The van der Waals surface area contributed by atoms with Crippen LogP contribution in [0.25, 0.3) is 6.08 Å². The smallest absolute Gasteiger partial charge is 0.257 e. The number of aliphatic imine (C=N–C) groups is 1. The minimum absolute atomic E-state index is 0.169. The van der Waals surface area contributed by atoms with Crippen molar-refractivity contribution in [3.05, 3.63) is 59.1 Å². The summed E-state index contributed by atoms with van der Waals surface area (Å²) >= 11 is 7.58. The van der Waals surface area contributed by atoms with E-state index >= 15 is 0 Å². The lowest BCUT2D eigenvalue weighted by molar-refractivity contribution is -0.113. The second kappa shape index (κ2) is 8.29. The zero-order chi connectivity index (χ0) is 19.5. The van der Waals surface area contributed by atoms with Gasteiger partial charge in [0.05, 0.1) is 11.7 Å². The Kier molecular flexibility index (Phi) is 5.59. The van der Waals surface area contributed by atoms with E-state index in [1.54, 1.807) is 40.9 Å². The minimum atomic E-state index is -0.169. The van der Waals surface area contributed by atoms with Crippen LogP contribution in [0.15, 0.2) is 53.5 Å². The van der Waals surface area contributed by atoms with Gasteiger partial charge in [0.15, 0.2) is 16.7 Å². The van der Waals surface area contributed by atoms with Crippen LogP contribution in [0.5, 0.6) is 11.5 Å². The molecule has 7 heteroatoms. The summed E-state index contributed by atoms with van der Waals surface area (Å²) in [7, 11) is 0. The van der Waals surface area contributed by atoms with E-state index in [-0.39, 0.29) is 11.9 Å². The molecule has 1 atom stereocenters. The van der Waals surface area contributed by atoms with Gasteiger partial charge in [-0.1, -0.05) is 29.4 Å². The van der Waals surface area contributed by atoms with Gasteiger partial charge in [0.2, 0.25) is 0 Å². The summed E-state index contributed by atoms with van der Waals surface area (Å²) < 4.78 is 11.1. The topological polar surface area (TPSA) is 51.1 Å². The number of rotatable bonds is 3. The molecule has 0 N–H and O–H groups in total. The molecule has 1 amide bonds. The predicted molar refractivity (Wildman–Crippen MR) is 115 cm³/mol. The second-order valence-corrected chi connectivity index (χ2v) is 7.88. The van der Waals surface area contributed by atoms with Gasteiger partial charge in [0.1, 0.15) is 13.2 Å². The summed E-state index contributed by atoms with van der Waals surface area (Å²) in [5, 5.41) is 1.32. The van der Waals surface area contributed by atoms with E-state index in [1.165, 1.54) is 0 Å². The number of carbonyl (C=O) groups is 1. The number of thioether (sulfide) groups is 1. The predicted octanol–water partition coefficient (Wildman–Crippen LogP) is 4.65. The molecule has 2 aromatic rings. The Morgan fingerprint density at radius 2 is 1.93 bits per heavy atom. The van der Waals surface area contributed by atoms with E-state index in [0.29, 0.717) is 29.2 Å². The molecule has 1 unspecified atom stereocenters. The number of benzene rings is 2. The first-order valence-electron chi connectivity index (χ1n) is 8.98. The van der Waals surface area contributed by atoms with Gasteiger partial charge in [0, 0.05) is 16.9 Å². The Morgan fingerprint density at radius 1 is 1.18 bits per heavy atom. The van der Waals surface area contributed by atoms with E-state index in [9.17, 15) is 4.79 Å². The molecule has 2 heterocycles. The third-order valence-electron chi connectivity index (χ3n) is 4.27. The van der Waals surface area contributed by atoms with Gasteiger partial charge in [-0.15, -0.1) is 0 Å². The van der Waals surface area contributed by atoms with Crippen molar-refractivity contribution in [1.82, 2.24) is 0 Å². The molecule has 0 aliphatic carbocycles. The average molecular weight is 415 g/mol. The zero-order valence-corrected chi connectivity index (χ0v) is 16.9. The number of hydrogen-bond donors (Lipinski definition) is 0. The van der Waals surface area contributed by atoms with Gasteiger partial charge < -0.3 is 9.47 Å². The highest BCUT2D eigenvalue weighted by atomic mass is 35.5. The van der Waals surface area contributed by atoms with Gasteiger partial charge in [-0.2, -0.15) is 0 Å². The van der Waals surface area contributed by atoms with Gasteiger partial charge in [-0.05, 0) is 55.0 Å². The Bertz CT molecular complexity index is 943. The van der Waals surface area contributed by atoms with Crippen molar-refractivity contribution in [3.63, 3.8) is 0 Å². The van der Waals surface area contributed by atoms with Crippen molar-refractivity contribution >= 4 is 46.2 Å². The van der Waals surface area contributed by atoms with Gasteiger partial charge in [0.25, 0.3) is 5.91 Å². The van der Waals surface area contributed by atoms with E-state index in [0.717, 1.165) is 22.8 Å². The molecule has 2 aromatic carbocycles. The molecular weight excluding hydrogens is 396 g/mol. The highest BCUT2D eigenvalue weighted by Gasteiger charge is 2.25. The monoisotopic (exact) mass is 414 g/mol. The van der Waals surface area contributed by atoms with Crippen LogP contribution in [0.1, 0.15) is 12.5 Å². The number of carbonyl (C=O) groups excluding carboxylic acids is 1. The van der Waals surface area contributed by atoms with Crippen molar-refractivity contribution < 1.29 is 14.3 Å². The number of hydrogen-bond acceptors (Lipinski definition) is 5. The van der Waals surface area contributed by atoms with E-state index in [1.807, 2.05) is 37.3 Å². The van der Waals surface area contributed by atoms with Crippen LogP contribution in [0.2, 0.25) is 5.02 Å². The molecule has 0 spiro atoms. The Balaban J connectivity index is 1.59. The lowest BCUT2D eigenvalue weighted by Gasteiger charge is -2.20. The fraction of sp³-hybridized carbons (Fsp3) is 0.238. The number of amides is 1. The lowest BCUT2D eigenvalue weighted by Crippen LogP contribution is -2.33. The molecule has 0 radical (unpaired) electrons. The third-order valence-corrected chi connectivity index (χ3v) is 5.71. The number of ether oxygens (including phenoxy) is 2. The van der Waals surface area contributed by atoms with Crippen LogP contribution in [0, 0.1) is 0 Å². The van der Waals surface area contributed by atoms with Gasteiger partial charge in [-0.3, -0.25) is 14.7 Å². The molecule has 0 saturated heterocycles. The number of halogens is 1. The molecule has 5 nitrogen and oxygen atoms in total. The largest absolute Gasteiger partial charge is 0.486 e. The van der Waals surface area contributed by atoms with E-state index in [2.05, 4.69) is 4.99 Å². The molecule has 2 aliphatic rings. The Hall–Kier alpha value is -2.44. The van der Waals surface area contributed by atoms with Gasteiger partial charge in [-0.25, -0.2) is 0 Å². The summed E-state index contributed by atoms with van der Waals surface area (Å²) in [6, 6.07) is 13.0. The summed E-state index contributed by atoms with van der Waals surface area (Å²) in [6.45, 7) is 3.11. The van der Waals surface area contributed by atoms with Crippen LogP contribution >= 0.6 is 23.4 Å². The van der Waals surface area contributed by atoms with Crippen molar-refractivity contribution in [3.8, 4) is 11.5 Å². The molecular formula is C21H19ClN2O3S. The summed E-state index contributed by atoms with van der Waals surface area (Å²) in [5.41, 5.74) is 1.60. The standard InChI is InChI=1S/C21H19ClN2O3S/c1-14-13-28-21(23-14)24(17-6-4-16(22)5-7-17)20(25)9-3-15-2-8-18-19(12-15)27-11-10-26-18/h2-9,12,14H,10-11,13H2,1H3. The summed E-state index contributed by atoms with van der Waals surface area (Å²) in [4.78, 5) is 19.3. The first-order valence-corrected chi connectivity index (χ1v) is 10.3. The molecule has 0 bridgehead atoms. The highest BCUT2D eigenvalue weighted by Crippen LogP contribution is 2.31. The SMILES string of the molecule is CC1CSC(N(C(=O)C=Cc2ccc3c(c2)OCCO3)c2ccc(Cl)cc2)=N1. The third kappa shape index (κ3) is 4.18. The average Bonchev–Trinajstić information content (AvgIpc) is 3.13. The van der Waals surface area contributed by atoms with Crippen LogP contribution in [-0.2, 0) is 4.79 Å². The van der Waals surface area contributed by atoms with Crippen LogP contribution in [0.3, 0.4) is 0 Å². The van der Waals surface area contributed by atoms with E-state index in [4.69, 9.17) is 21.1 Å². The normalized spacial score (nSPS) is 18.2. The fourth-order valence-electron chi connectivity index (χ4n) is 2.91. The van der Waals surface area contributed by atoms with Gasteiger partial charge >= 0.3 is 0 Å². The first kappa shape index (κ1) is 18.9. The molecule has 0 aromatic heterocycles. The molecule has 0 fully saturated rings. The lowest BCUT2D eigenvalue weighted by atomic mass is 10.1. The second-order valence-electron chi connectivity index (χ2n) is 6.46. The zero-order valence-electron chi connectivity index (χ0n) is 15.3. The van der Waals surface area contributed by atoms with Crippen molar-refractivity contribution in [2.24, 2.45) is 4.99 Å². The van der Waals surface area contributed by atoms with Crippen LogP contribution in [0.4, 0.5) is 5.69 Å². The molecule has 2 aliphatic heterocycles. The van der Waals surface area contributed by atoms with Crippen molar-refractivity contribution in [1.29, 1.82) is 0 Å². The quantitative estimate of drug-likeness (QED) is 0.686. The molecule has 28 heavy (non-hydrogen) atoms. The number of anilines is 1. The van der Waals surface area contributed by atoms with Crippen molar-refractivity contribution in [2.75, 3.05) is 23.9 Å². The van der Waals surface area contributed by atoms with Crippen LogP contribution < -0.4 is 14.4 Å². The molecule has 144 valence electrons. The summed E-state index contributed by atoms with van der Waals surface area (Å²) in [6.07, 6.45) is 3.32. The maximum atomic E-state index is 13.0. The Morgan fingerprint density at radius 3 is 2.64 bits per heavy atom.